The fourth-order valence-electron chi connectivity index (χ4n) is 1.62. The molecule has 0 saturated carbocycles. The lowest BCUT2D eigenvalue weighted by molar-refractivity contribution is -0.0985. The molecule has 0 aromatic heterocycles. The van der Waals surface area contributed by atoms with Gasteiger partial charge in [0.05, 0.1) is 37.9 Å². The summed E-state index contributed by atoms with van der Waals surface area (Å²) in [6.07, 6.45) is 2.73. The van der Waals surface area contributed by atoms with E-state index in [0.717, 1.165) is 0 Å². The number of rotatable bonds is 13. The summed E-state index contributed by atoms with van der Waals surface area (Å²) in [6.45, 7) is 6.19. The van der Waals surface area contributed by atoms with Crippen LogP contribution in [-0.4, -0.2) is 57.2 Å². The van der Waals surface area contributed by atoms with Crippen molar-refractivity contribution in [2.75, 3.05) is 26.4 Å². The first-order valence-electron chi connectivity index (χ1n) is 5.97. The summed E-state index contributed by atoms with van der Waals surface area (Å²) >= 11 is 0. The van der Waals surface area contributed by atoms with E-state index in [1.54, 1.807) is 6.08 Å². The van der Waals surface area contributed by atoms with Gasteiger partial charge in [0, 0.05) is 0 Å². The molecule has 1 unspecified atom stereocenters. The molecule has 0 rings (SSSR count). The van der Waals surface area contributed by atoms with Crippen molar-refractivity contribution < 1.29 is 38.5 Å². The Bertz CT molecular complexity index is 288. The third-order valence-electron chi connectivity index (χ3n) is 2.73. The van der Waals surface area contributed by atoms with E-state index in [-0.39, 0.29) is 19.8 Å². The fraction of sp³-hybridized carbons (Fsp3) is 0.636. The molecule has 0 bridgehead atoms. The minimum Gasteiger partial charge on any atom is -0.396 e. The third-order valence-corrected chi connectivity index (χ3v) is 3.45. The molecule has 0 spiro atoms. The molecule has 0 aromatic rings. The standard InChI is InChI=1S/C11H22O8P2/c1-3-5-10(17-6-4-2)11(7-12,8-18-20(13)14)9-19-21(15)16/h3-4,10,12-16H,1-2,5-9H2. The fourth-order valence-corrected chi connectivity index (χ4v) is 2.37. The van der Waals surface area contributed by atoms with Crippen molar-refractivity contribution in [2.24, 2.45) is 5.41 Å². The van der Waals surface area contributed by atoms with Crippen LogP contribution in [0.4, 0.5) is 0 Å². The van der Waals surface area contributed by atoms with Crippen LogP contribution in [0.1, 0.15) is 6.42 Å². The Morgan fingerprint density at radius 1 is 1.00 bits per heavy atom. The lowest BCUT2D eigenvalue weighted by Crippen LogP contribution is -2.47. The Labute approximate surface area is 126 Å². The highest BCUT2D eigenvalue weighted by atomic mass is 31.2. The summed E-state index contributed by atoms with van der Waals surface area (Å²) < 4.78 is 15.1. The number of aliphatic hydroxyl groups is 1. The summed E-state index contributed by atoms with van der Waals surface area (Å²) in [6, 6.07) is 0. The number of hydrogen-bond acceptors (Lipinski definition) is 8. The van der Waals surface area contributed by atoms with Crippen LogP contribution in [0.15, 0.2) is 25.3 Å². The molecule has 0 radical (unpaired) electrons. The molecule has 0 aliphatic carbocycles. The highest BCUT2D eigenvalue weighted by molar-refractivity contribution is 7.39. The first kappa shape index (κ1) is 21.0. The molecule has 1 atom stereocenters. The van der Waals surface area contributed by atoms with E-state index < -0.39 is 35.3 Å². The van der Waals surface area contributed by atoms with E-state index in [4.69, 9.17) is 33.4 Å². The van der Waals surface area contributed by atoms with Crippen LogP contribution in [0, 0.1) is 5.41 Å². The first-order chi connectivity index (χ1) is 9.91. The number of hydrogen-bond donors (Lipinski definition) is 5. The second-order valence-corrected chi connectivity index (χ2v) is 5.74. The Morgan fingerprint density at radius 3 is 1.86 bits per heavy atom. The highest BCUT2D eigenvalue weighted by Gasteiger charge is 2.41. The molecule has 124 valence electrons. The molecule has 10 heteroatoms. The molecule has 0 fully saturated rings. The zero-order valence-corrected chi connectivity index (χ0v) is 13.3. The SMILES string of the molecule is C=CCOC(CC=C)C(CO)(COP(O)O)COP(O)O. The maximum Gasteiger partial charge on any atom is 0.327 e. The van der Waals surface area contributed by atoms with Gasteiger partial charge in [-0.25, -0.2) is 0 Å². The van der Waals surface area contributed by atoms with Crippen LogP contribution < -0.4 is 0 Å². The molecule has 0 aromatic carbocycles. The Hall–Kier alpha value is 0.0200. The second kappa shape index (κ2) is 11.6. The van der Waals surface area contributed by atoms with Gasteiger partial charge in [-0.3, -0.25) is 0 Å². The number of aliphatic hydroxyl groups excluding tert-OH is 1. The van der Waals surface area contributed by atoms with Crippen molar-refractivity contribution in [1.29, 1.82) is 0 Å². The predicted molar refractivity (Wildman–Crippen MR) is 78.9 cm³/mol. The van der Waals surface area contributed by atoms with Gasteiger partial charge in [-0.15, -0.1) is 13.2 Å². The van der Waals surface area contributed by atoms with Gasteiger partial charge in [0.1, 0.15) is 0 Å². The van der Waals surface area contributed by atoms with E-state index >= 15 is 0 Å². The van der Waals surface area contributed by atoms with Gasteiger partial charge in [0.2, 0.25) is 0 Å². The van der Waals surface area contributed by atoms with Crippen LogP contribution in [-0.2, 0) is 13.8 Å². The van der Waals surface area contributed by atoms with Gasteiger partial charge in [-0.05, 0) is 6.42 Å². The van der Waals surface area contributed by atoms with E-state index in [9.17, 15) is 5.11 Å². The largest absolute Gasteiger partial charge is 0.396 e. The van der Waals surface area contributed by atoms with Crippen LogP contribution in [0.25, 0.3) is 0 Å². The normalized spacial score (nSPS) is 13.7. The zero-order chi connectivity index (χ0) is 16.3. The molecular weight excluding hydrogens is 322 g/mol. The van der Waals surface area contributed by atoms with Crippen molar-refractivity contribution in [2.45, 2.75) is 12.5 Å². The maximum atomic E-state index is 9.69. The lowest BCUT2D eigenvalue weighted by Gasteiger charge is -2.38. The molecule has 0 heterocycles. The highest BCUT2D eigenvalue weighted by Crippen LogP contribution is 2.37. The monoisotopic (exact) mass is 344 g/mol. The molecule has 0 saturated heterocycles. The zero-order valence-electron chi connectivity index (χ0n) is 11.5. The quantitative estimate of drug-likeness (QED) is 0.242. The van der Waals surface area contributed by atoms with Crippen molar-refractivity contribution in [3.8, 4) is 0 Å². The van der Waals surface area contributed by atoms with Gasteiger partial charge >= 0.3 is 17.2 Å². The first-order valence-corrected chi connectivity index (χ1v) is 8.30. The van der Waals surface area contributed by atoms with E-state index in [1.165, 1.54) is 6.08 Å². The van der Waals surface area contributed by atoms with Crippen LogP contribution >= 0.6 is 17.2 Å². The van der Waals surface area contributed by atoms with Crippen LogP contribution in [0.5, 0.6) is 0 Å². The smallest absolute Gasteiger partial charge is 0.327 e. The summed E-state index contributed by atoms with van der Waals surface area (Å²) in [5, 5.41) is 9.69. The predicted octanol–water partition coefficient (Wildman–Crippen LogP) is 0.569. The second-order valence-electron chi connectivity index (χ2n) is 4.21. The Kier molecular flexibility index (Phi) is 11.6. The summed E-state index contributed by atoms with van der Waals surface area (Å²) in [5.74, 6) is 0. The minimum absolute atomic E-state index is 0.181. The van der Waals surface area contributed by atoms with Gasteiger partial charge in [-0.1, -0.05) is 12.2 Å². The van der Waals surface area contributed by atoms with Crippen LogP contribution in [0.3, 0.4) is 0 Å². The molecule has 0 aliphatic rings. The number of ether oxygens (including phenoxy) is 1. The Balaban J connectivity index is 5.13. The van der Waals surface area contributed by atoms with E-state index in [1.807, 2.05) is 0 Å². The van der Waals surface area contributed by atoms with Crippen molar-refractivity contribution in [3.63, 3.8) is 0 Å². The summed E-state index contributed by atoms with van der Waals surface area (Å²) in [4.78, 5) is 35.5. The molecule has 0 amide bonds. The molecule has 8 nitrogen and oxygen atoms in total. The average molecular weight is 344 g/mol. The lowest BCUT2D eigenvalue weighted by atomic mass is 9.82. The van der Waals surface area contributed by atoms with Crippen molar-refractivity contribution >= 4 is 17.2 Å². The van der Waals surface area contributed by atoms with E-state index in [2.05, 4.69) is 13.2 Å². The Morgan fingerprint density at radius 2 is 1.52 bits per heavy atom. The maximum absolute atomic E-state index is 9.69. The average Bonchev–Trinajstić information content (AvgIpc) is 2.44. The minimum atomic E-state index is -2.63. The van der Waals surface area contributed by atoms with Crippen LogP contribution in [0.2, 0.25) is 0 Å². The van der Waals surface area contributed by atoms with E-state index in [0.29, 0.717) is 6.42 Å². The molecular formula is C11H22O8P2. The van der Waals surface area contributed by atoms with Crippen molar-refractivity contribution in [3.05, 3.63) is 25.3 Å². The summed E-state index contributed by atoms with van der Waals surface area (Å²) in [7, 11) is -5.26. The topological polar surface area (TPSA) is 129 Å². The van der Waals surface area contributed by atoms with Gasteiger partial charge in [0.25, 0.3) is 0 Å². The molecule has 21 heavy (non-hydrogen) atoms. The van der Waals surface area contributed by atoms with Crippen molar-refractivity contribution in [1.82, 2.24) is 0 Å². The van der Waals surface area contributed by atoms with Gasteiger partial charge < -0.3 is 38.5 Å². The molecule has 0 aliphatic heterocycles. The third kappa shape index (κ3) is 8.28. The van der Waals surface area contributed by atoms with Gasteiger partial charge in [0.15, 0.2) is 0 Å². The molecule has 5 N–H and O–H groups in total. The van der Waals surface area contributed by atoms with Gasteiger partial charge in [-0.2, -0.15) is 0 Å². The summed E-state index contributed by atoms with van der Waals surface area (Å²) in [5.41, 5.74) is -1.21.